The lowest BCUT2D eigenvalue weighted by molar-refractivity contribution is -0.122. The topological polar surface area (TPSA) is 64.9 Å². The molecule has 1 rings (SSSR count). The maximum Gasteiger partial charge on any atom is 0.242 e. The number of amides is 1. The Balaban J connectivity index is 2.81. The quantitative estimate of drug-likeness (QED) is 0.898. The molecule has 0 saturated heterocycles. The summed E-state index contributed by atoms with van der Waals surface area (Å²) in [5, 5.41) is 14.9. The molecule has 2 N–H and O–H groups in total. The largest absolute Gasteiger partial charge is 0.373 e. The SMILES string of the molecule is CC(C)NC(=O)C(C)Nc1cc(Br)ccc1C#N. The van der Waals surface area contributed by atoms with Crippen LogP contribution in [-0.4, -0.2) is 18.0 Å². The Morgan fingerprint density at radius 1 is 1.39 bits per heavy atom. The summed E-state index contributed by atoms with van der Waals surface area (Å²) in [4.78, 5) is 11.8. The van der Waals surface area contributed by atoms with Crippen molar-refractivity contribution in [2.75, 3.05) is 5.32 Å². The molecule has 96 valence electrons. The van der Waals surface area contributed by atoms with Crippen molar-refractivity contribution in [3.8, 4) is 6.07 Å². The number of hydrogen-bond acceptors (Lipinski definition) is 3. The lowest BCUT2D eigenvalue weighted by Gasteiger charge is -2.17. The summed E-state index contributed by atoms with van der Waals surface area (Å²) in [6.45, 7) is 5.58. The molecule has 1 atom stereocenters. The van der Waals surface area contributed by atoms with Gasteiger partial charge in [-0.3, -0.25) is 4.79 Å². The van der Waals surface area contributed by atoms with Crippen LogP contribution in [0.25, 0.3) is 0 Å². The monoisotopic (exact) mass is 309 g/mol. The zero-order valence-corrected chi connectivity index (χ0v) is 12.2. The first-order chi connectivity index (χ1) is 8.43. The van der Waals surface area contributed by atoms with Gasteiger partial charge in [-0.2, -0.15) is 5.26 Å². The van der Waals surface area contributed by atoms with Gasteiger partial charge in [0.2, 0.25) is 5.91 Å². The van der Waals surface area contributed by atoms with E-state index in [1.54, 1.807) is 25.1 Å². The Labute approximate surface area is 116 Å². The molecule has 0 aromatic heterocycles. The summed E-state index contributed by atoms with van der Waals surface area (Å²) in [5.74, 6) is -0.0890. The number of carbonyl (C=O) groups excluding carboxylic acids is 1. The maximum absolute atomic E-state index is 11.8. The van der Waals surface area contributed by atoms with Crippen molar-refractivity contribution in [3.05, 3.63) is 28.2 Å². The number of nitriles is 1. The highest BCUT2D eigenvalue weighted by Crippen LogP contribution is 2.21. The summed E-state index contributed by atoms with van der Waals surface area (Å²) in [5.41, 5.74) is 1.17. The number of rotatable bonds is 4. The van der Waals surface area contributed by atoms with Gasteiger partial charge in [-0.1, -0.05) is 15.9 Å². The zero-order chi connectivity index (χ0) is 13.7. The van der Waals surface area contributed by atoms with Crippen LogP contribution in [-0.2, 0) is 4.79 Å². The lowest BCUT2D eigenvalue weighted by atomic mass is 10.1. The molecule has 0 aliphatic carbocycles. The molecule has 0 bridgehead atoms. The van der Waals surface area contributed by atoms with Crippen molar-refractivity contribution in [2.45, 2.75) is 32.9 Å². The molecular weight excluding hydrogens is 294 g/mol. The fourth-order valence-corrected chi connectivity index (χ4v) is 1.80. The van der Waals surface area contributed by atoms with Gasteiger partial charge in [-0.25, -0.2) is 0 Å². The number of carbonyl (C=O) groups is 1. The van der Waals surface area contributed by atoms with Crippen LogP contribution in [0.3, 0.4) is 0 Å². The van der Waals surface area contributed by atoms with Gasteiger partial charge in [-0.15, -0.1) is 0 Å². The normalized spacial score (nSPS) is 11.8. The molecule has 18 heavy (non-hydrogen) atoms. The Kier molecular flexibility index (Phi) is 5.17. The fourth-order valence-electron chi connectivity index (χ4n) is 1.44. The second-order valence-corrected chi connectivity index (χ2v) is 5.25. The van der Waals surface area contributed by atoms with Gasteiger partial charge in [0.15, 0.2) is 0 Å². The minimum atomic E-state index is -0.395. The van der Waals surface area contributed by atoms with Crippen molar-refractivity contribution in [1.29, 1.82) is 5.26 Å². The molecule has 0 aliphatic rings. The van der Waals surface area contributed by atoms with Gasteiger partial charge in [0.05, 0.1) is 11.3 Å². The second kappa shape index (κ2) is 6.41. The summed E-state index contributed by atoms with van der Waals surface area (Å²) in [6, 6.07) is 7.09. The molecule has 0 spiro atoms. The van der Waals surface area contributed by atoms with Crippen molar-refractivity contribution in [2.24, 2.45) is 0 Å². The number of halogens is 1. The van der Waals surface area contributed by atoms with E-state index < -0.39 is 6.04 Å². The third-order valence-corrected chi connectivity index (χ3v) is 2.79. The zero-order valence-electron chi connectivity index (χ0n) is 10.6. The molecule has 4 nitrogen and oxygen atoms in total. The van der Waals surface area contributed by atoms with Crippen molar-refractivity contribution < 1.29 is 4.79 Å². The minimum absolute atomic E-state index is 0.0890. The highest BCUT2D eigenvalue weighted by molar-refractivity contribution is 9.10. The number of anilines is 1. The first-order valence-electron chi connectivity index (χ1n) is 5.70. The van der Waals surface area contributed by atoms with Gasteiger partial charge in [0.1, 0.15) is 12.1 Å². The first-order valence-corrected chi connectivity index (χ1v) is 6.50. The van der Waals surface area contributed by atoms with Crippen LogP contribution in [0, 0.1) is 11.3 Å². The first kappa shape index (κ1) is 14.5. The van der Waals surface area contributed by atoms with Gasteiger partial charge in [0.25, 0.3) is 0 Å². The molecule has 0 heterocycles. The number of hydrogen-bond donors (Lipinski definition) is 2. The Morgan fingerprint density at radius 3 is 2.61 bits per heavy atom. The molecule has 0 aliphatic heterocycles. The molecule has 5 heteroatoms. The Hall–Kier alpha value is -1.54. The minimum Gasteiger partial charge on any atom is -0.373 e. The van der Waals surface area contributed by atoms with E-state index in [0.29, 0.717) is 11.3 Å². The molecule has 1 aromatic rings. The Bertz CT molecular complexity index is 480. The van der Waals surface area contributed by atoms with E-state index in [1.807, 2.05) is 13.8 Å². The van der Waals surface area contributed by atoms with Crippen LogP contribution in [0.1, 0.15) is 26.3 Å². The average molecular weight is 310 g/mol. The fraction of sp³-hybridized carbons (Fsp3) is 0.385. The van der Waals surface area contributed by atoms with Gasteiger partial charge in [-0.05, 0) is 39.0 Å². The molecule has 0 fully saturated rings. The van der Waals surface area contributed by atoms with E-state index in [-0.39, 0.29) is 11.9 Å². The van der Waals surface area contributed by atoms with Crippen LogP contribution in [0.4, 0.5) is 5.69 Å². The lowest BCUT2D eigenvalue weighted by Crippen LogP contribution is -2.41. The molecule has 0 saturated carbocycles. The van der Waals surface area contributed by atoms with Crippen LogP contribution >= 0.6 is 15.9 Å². The van der Waals surface area contributed by atoms with E-state index in [2.05, 4.69) is 32.6 Å². The smallest absolute Gasteiger partial charge is 0.242 e. The summed E-state index contributed by atoms with van der Waals surface area (Å²) >= 11 is 3.34. The van der Waals surface area contributed by atoms with Crippen molar-refractivity contribution in [3.63, 3.8) is 0 Å². The number of benzene rings is 1. The van der Waals surface area contributed by atoms with Crippen LogP contribution in [0.2, 0.25) is 0 Å². The van der Waals surface area contributed by atoms with Gasteiger partial charge >= 0.3 is 0 Å². The average Bonchev–Trinajstić information content (AvgIpc) is 2.28. The predicted octanol–water partition coefficient (Wildman–Crippen LogP) is 2.65. The molecular formula is C13H16BrN3O. The van der Waals surface area contributed by atoms with Gasteiger partial charge in [0, 0.05) is 10.5 Å². The standard InChI is InChI=1S/C13H16BrN3O/c1-8(2)16-13(18)9(3)17-12-6-11(14)5-4-10(12)7-15/h4-6,8-9,17H,1-3H3,(H,16,18). The summed E-state index contributed by atoms with van der Waals surface area (Å²) in [6.07, 6.45) is 0. The van der Waals surface area contributed by atoms with Crippen molar-refractivity contribution >= 4 is 27.5 Å². The van der Waals surface area contributed by atoms with Gasteiger partial charge < -0.3 is 10.6 Å². The summed E-state index contributed by atoms with van der Waals surface area (Å²) < 4.78 is 0.862. The maximum atomic E-state index is 11.8. The van der Waals surface area contributed by atoms with E-state index in [1.165, 1.54) is 0 Å². The van der Waals surface area contributed by atoms with E-state index >= 15 is 0 Å². The second-order valence-electron chi connectivity index (χ2n) is 4.33. The highest BCUT2D eigenvalue weighted by Gasteiger charge is 2.15. The third-order valence-electron chi connectivity index (χ3n) is 2.30. The predicted molar refractivity (Wildman–Crippen MR) is 75.2 cm³/mol. The number of nitrogens with one attached hydrogen (secondary N) is 2. The number of nitrogens with zero attached hydrogens (tertiary/aromatic N) is 1. The third kappa shape index (κ3) is 4.04. The van der Waals surface area contributed by atoms with Crippen molar-refractivity contribution in [1.82, 2.24) is 5.32 Å². The summed E-state index contributed by atoms with van der Waals surface area (Å²) in [7, 11) is 0. The molecule has 0 radical (unpaired) electrons. The molecule has 1 amide bonds. The molecule has 1 aromatic carbocycles. The highest BCUT2D eigenvalue weighted by atomic mass is 79.9. The van der Waals surface area contributed by atoms with Crippen LogP contribution in [0.5, 0.6) is 0 Å². The van der Waals surface area contributed by atoms with Crippen LogP contribution in [0.15, 0.2) is 22.7 Å². The van der Waals surface area contributed by atoms with E-state index in [9.17, 15) is 4.79 Å². The molecule has 1 unspecified atom stereocenters. The van der Waals surface area contributed by atoms with E-state index in [4.69, 9.17) is 5.26 Å². The van der Waals surface area contributed by atoms with Crippen LogP contribution < -0.4 is 10.6 Å². The Morgan fingerprint density at radius 2 is 2.06 bits per heavy atom. The van der Waals surface area contributed by atoms with E-state index in [0.717, 1.165) is 4.47 Å².